The van der Waals surface area contributed by atoms with Crippen LogP contribution in [0.25, 0.3) is 0 Å². The maximum absolute atomic E-state index is 13.5. The van der Waals surface area contributed by atoms with Crippen LogP contribution in [0.5, 0.6) is 0 Å². The standard InChI is InChI=1S/C16H15ClFN3OS/c1-10-11(17)5-4-8-13(10)20-15(22)9-19-16(23)21-14-7-3-2-6-12(14)18/h2-8H,9H2,1H3,(H,20,22)(H2,19,21,23). The molecule has 2 aromatic rings. The molecule has 2 aromatic carbocycles. The van der Waals surface area contributed by atoms with Gasteiger partial charge in [0.05, 0.1) is 12.2 Å². The van der Waals surface area contributed by atoms with E-state index in [9.17, 15) is 9.18 Å². The highest BCUT2D eigenvalue weighted by atomic mass is 35.5. The maximum Gasteiger partial charge on any atom is 0.243 e. The van der Waals surface area contributed by atoms with Crippen LogP contribution in [-0.4, -0.2) is 17.6 Å². The van der Waals surface area contributed by atoms with Gasteiger partial charge >= 0.3 is 0 Å². The minimum absolute atomic E-state index is 0.0494. The summed E-state index contributed by atoms with van der Waals surface area (Å²) in [5, 5.41) is 8.89. The molecule has 0 unspecified atom stereocenters. The van der Waals surface area contributed by atoms with E-state index in [0.717, 1.165) is 5.56 Å². The monoisotopic (exact) mass is 351 g/mol. The maximum atomic E-state index is 13.5. The molecule has 0 aliphatic carbocycles. The average Bonchev–Trinajstić information content (AvgIpc) is 2.52. The van der Waals surface area contributed by atoms with Crippen LogP contribution in [0.3, 0.4) is 0 Å². The van der Waals surface area contributed by atoms with Crippen LogP contribution in [-0.2, 0) is 4.79 Å². The van der Waals surface area contributed by atoms with Gasteiger partial charge < -0.3 is 16.0 Å². The van der Waals surface area contributed by atoms with Crippen molar-refractivity contribution in [2.45, 2.75) is 6.92 Å². The molecule has 0 atom stereocenters. The van der Waals surface area contributed by atoms with Gasteiger partial charge in [-0.2, -0.15) is 0 Å². The second-order valence-corrected chi connectivity index (χ2v) is 5.56. The number of halogens is 2. The van der Waals surface area contributed by atoms with Crippen LogP contribution < -0.4 is 16.0 Å². The first kappa shape index (κ1) is 17.2. The van der Waals surface area contributed by atoms with Crippen molar-refractivity contribution in [2.24, 2.45) is 0 Å². The van der Waals surface area contributed by atoms with Crippen molar-refractivity contribution >= 4 is 46.2 Å². The number of carbonyl (C=O) groups is 1. The van der Waals surface area contributed by atoms with Crippen molar-refractivity contribution in [3.8, 4) is 0 Å². The Morgan fingerprint density at radius 1 is 1.13 bits per heavy atom. The zero-order valence-corrected chi connectivity index (χ0v) is 13.9. The third-order valence-corrected chi connectivity index (χ3v) is 3.73. The predicted molar refractivity (Wildman–Crippen MR) is 95.4 cm³/mol. The smallest absolute Gasteiger partial charge is 0.243 e. The first-order valence-electron chi connectivity index (χ1n) is 6.81. The highest BCUT2D eigenvalue weighted by Gasteiger charge is 2.08. The van der Waals surface area contributed by atoms with Crippen LogP contribution in [0.4, 0.5) is 15.8 Å². The van der Waals surface area contributed by atoms with Crippen LogP contribution in [0.15, 0.2) is 42.5 Å². The van der Waals surface area contributed by atoms with Crippen LogP contribution >= 0.6 is 23.8 Å². The lowest BCUT2D eigenvalue weighted by Crippen LogP contribution is -2.35. The number of anilines is 2. The molecule has 0 spiro atoms. The molecule has 4 nitrogen and oxygen atoms in total. The second-order valence-electron chi connectivity index (χ2n) is 4.75. The molecule has 0 heterocycles. The fourth-order valence-corrected chi connectivity index (χ4v) is 2.18. The topological polar surface area (TPSA) is 53.2 Å². The van der Waals surface area contributed by atoms with Gasteiger partial charge in [-0.1, -0.05) is 29.8 Å². The Hall–Kier alpha value is -2.18. The van der Waals surface area contributed by atoms with Crippen LogP contribution in [0, 0.1) is 12.7 Å². The number of thiocarbonyl (C=S) groups is 1. The normalized spacial score (nSPS) is 10.0. The molecule has 3 N–H and O–H groups in total. The number of hydrogen-bond donors (Lipinski definition) is 3. The van der Waals surface area contributed by atoms with Gasteiger partial charge in [-0.3, -0.25) is 4.79 Å². The third kappa shape index (κ3) is 4.91. The molecule has 0 saturated carbocycles. The van der Waals surface area contributed by atoms with E-state index < -0.39 is 5.82 Å². The van der Waals surface area contributed by atoms with Crippen LogP contribution in [0.1, 0.15) is 5.56 Å². The van der Waals surface area contributed by atoms with Gasteiger partial charge in [0.2, 0.25) is 5.91 Å². The van der Waals surface area contributed by atoms with Crippen molar-refractivity contribution in [1.82, 2.24) is 5.32 Å². The Labute approximate surface area is 144 Å². The highest BCUT2D eigenvalue weighted by Crippen LogP contribution is 2.22. The summed E-state index contributed by atoms with van der Waals surface area (Å²) in [5.74, 6) is -0.705. The van der Waals surface area contributed by atoms with Crippen molar-refractivity contribution in [3.63, 3.8) is 0 Å². The zero-order valence-electron chi connectivity index (χ0n) is 12.3. The molecule has 0 aliphatic heterocycles. The fraction of sp³-hybridized carbons (Fsp3) is 0.125. The molecule has 0 fully saturated rings. The number of rotatable bonds is 4. The Kier molecular flexibility index (Phi) is 5.90. The molecule has 0 aromatic heterocycles. The SMILES string of the molecule is Cc1c(Cl)cccc1NC(=O)CNC(=S)Nc1ccccc1F. The largest absolute Gasteiger partial charge is 0.353 e. The molecule has 120 valence electrons. The van der Waals surface area contributed by atoms with Gasteiger partial charge in [0.15, 0.2) is 5.11 Å². The molecule has 2 rings (SSSR count). The van der Waals surface area contributed by atoms with Crippen molar-refractivity contribution in [1.29, 1.82) is 0 Å². The Balaban J connectivity index is 1.86. The van der Waals surface area contributed by atoms with E-state index in [2.05, 4.69) is 16.0 Å². The van der Waals surface area contributed by atoms with Crippen molar-refractivity contribution < 1.29 is 9.18 Å². The van der Waals surface area contributed by atoms with E-state index in [-0.39, 0.29) is 23.3 Å². The summed E-state index contributed by atoms with van der Waals surface area (Å²) in [6, 6.07) is 11.4. The van der Waals surface area contributed by atoms with E-state index in [1.54, 1.807) is 36.4 Å². The second kappa shape index (κ2) is 7.89. The molecule has 23 heavy (non-hydrogen) atoms. The molecule has 0 bridgehead atoms. The fourth-order valence-electron chi connectivity index (χ4n) is 1.83. The Morgan fingerprint density at radius 3 is 2.57 bits per heavy atom. The minimum atomic E-state index is -0.421. The van der Waals surface area contributed by atoms with Gasteiger partial charge in [0.25, 0.3) is 0 Å². The summed E-state index contributed by atoms with van der Waals surface area (Å²) >= 11 is 11.0. The van der Waals surface area contributed by atoms with Gasteiger partial charge in [-0.05, 0) is 49.0 Å². The zero-order chi connectivity index (χ0) is 16.8. The first-order valence-corrected chi connectivity index (χ1v) is 7.60. The Bertz CT molecular complexity index is 739. The van der Waals surface area contributed by atoms with Crippen molar-refractivity contribution in [3.05, 3.63) is 58.9 Å². The lowest BCUT2D eigenvalue weighted by Gasteiger charge is -2.12. The quantitative estimate of drug-likeness (QED) is 0.735. The van der Waals surface area contributed by atoms with Crippen molar-refractivity contribution in [2.75, 3.05) is 17.2 Å². The number of benzene rings is 2. The summed E-state index contributed by atoms with van der Waals surface area (Å²) in [6.45, 7) is 1.77. The molecule has 0 radical (unpaired) electrons. The number of nitrogens with one attached hydrogen (secondary N) is 3. The van der Waals surface area contributed by atoms with Gasteiger partial charge in [-0.25, -0.2) is 4.39 Å². The number of amides is 1. The average molecular weight is 352 g/mol. The summed E-state index contributed by atoms with van der Waals surface area (Å²) < 4.78 is 13.5. The van der Waals surface area contributed by atoms with Gasteiger partial charge in [-0.15, -0.1) is 0 Å². The summed E-state index contributed by atoms with van der Waals surface area (Å²) in [5.41, 5.74) is 1.67. The lowest BCUT2D eigenvalue weighted by molar-refractivity contribution is -0.115. The number of para-hydroxylation sites is 1. The summed E-state index contributed by atoms with van der Waals surface area (Å²) in [4.78, 5) is 11.9. The van der Waals surface area contributed by atoms with E-state index in [1.807, 2.05) is 6.92 Å². The molecular formula is C16H15ClFN3OS. The molecule has 1 amide bonds. The molecule has 0 aliphatic rings. The highest BCUT2D eigenvalue weighted by molar-refractivity contribution is 7.80. The number of hydrogen-bond acceptors (Lipinski definition) is 2. The van der Waals surface area contributed by atoms with E-state index in [4.69, 9.17) is 23.8 Å². The summed E-state index contributed by atoms with van der Waals surface area (Å²) in [7, 11) is 0. The van der Waals surface area contributed by atoms with E-state index in [0.29, 0.717) is 10.7 Å². The minimum Gasteiger partial charge on any atom is -0.353 e. The third-order valence-electron chi connectivity index (χ3n) is 3.07. The first-order chi connectivity index (χ1) is 11.0. The lowest BCUT2D eigenvalue weighted by atomic mass is 10.2. The number of carbonyl (C=O) groups excluding carboxylic acids is 1. The van der Waals surface area contributed by atoms with E-state index >= 15 is 0 Å². The van der Waals surface area contributed by atoms with E-state index in [1.165, 1.54) is 6.07 Å². The molecule has 0 saturated heterocycles. The molecular weight excluding hydrogens is 337 g/mol. The molecule has 7 heteroatoms. The Morgan fingerprint density at radius 2 is 1.83 bits per heavy atom. The van der Waals surface area contributed by atoms with Gasteiger partial charge in [0.1, 0.15) is 5.82 Å². The van der Waals surface area contributed by atoms with Crippen LogP contribution in [0.2, 0.25) is 5.02 Å². The summed E-state index contributed by atoms with van der Waals surface area (Å²) in [6.07, 6.45) is 0. The van der Waals surface area contributed by atoms with Gasteiger partial charge in [0, 0.05) is 10.7 Å². The predicted octanol–water partition coefficient (Wildman–Crippen LogP) is 3.71.